The Bertz CT molecular complexity index is 538. The summed E-state index contributed by atoms with van der Waals surface area (Å²) in [6, 6.07) is 3.67. The van der Waals surface area contributed by atoms with Crippen molar-refractivity contribution in [3.8, 4) is 0 Å². The molecule has 0 radical (unpaired) electrons. The Morgan fingerprint density at radius 1 is 1.25 bits per heavy atom. The van der Waals surface area contributed by atoms with Crippen LogP contribution in [0.1, 0.15) is 13.3 Å². The van der Waals surface area contributed by atoms with Crippen molar-refractivity contribution in [1.82, 2.24) is 0 Å². The number of hydrogen-bond donors (Lipinski definition) is 1. The lowest BCUT2D eigenvalue weighted by Crippen LogP contribution is -2.46. The van der Waals surface area contributed by atoms with Crippen molar-refractivity contribution in [3.05, 3.63) is 38.4 Å². The van der Waals surface area contributed by atoms with Crippen molar-refractivity contribution >= 4 is 17.1 Å². The molecule has 0 aromatic heterocycles. The summed E-state index contributed by atoms with van der Waals surface area (Å²) in [5.74, 6) is 0.327. The second-order valence-electron chi connectivity index (χ2n) is 5.19. The van der Waals surface area contributed by atoms with Gasteiger partial charge in [0.25, 0.3) is 11.4 Å². The number of rotatable bonds is 3. The second-order valence-corrected chi connectivity index (χ2v) is 5.19. The second kappa shape index (κ2) is 5.41. The molecule has 2 N–H and O–H groups in total. The Labute approximate surface area is 115 Å². The number of non-ortho nitro benzene ring substituents is 1. The van der Waals surface area contributed by atoms with Gasteiger partial charge in [0, 0.05) is 25.2 Å². The highest BCUT2D eigenvalue weighted by molar-refractivity contribution is 5.67. The Morgan fingerprint density at radius 3 is 2.50 bits per heavy atom. The van der Waals surface area contributed by atoms with E-state index in [1.165, 1.54) is 12.1 Å². The zero-order valence-electron chi connectivity index (χ0n) is 11.1. The smallest absolute Gasteiger partial charge is 0.299 e. The molecule has 2 unspecified atom stereocenters. The Morgan fingerprint density at radius 2 is 1.95 bits per heavy atom. The van der Waals surface area contributed by atoms with Crippen molar-refractivity contribution in [3.63, 3.8) is 0 Å². The fraction of sp³-hybridized carbons (Fsp3) is 0.500. The zero-order valence-corrected chi connectivity index (χ0v) is 11.1. The lowest BCUT2D eigenvalue weighted by Gasteiger charge is -2.35. The molecule has 1 heterocycles. The first-order chi connectivity index (χ1) is 9.38. The third kappa shape index (κ3) is 2.85. The van der Waals surface area contributed by atoms with Crippen molar-refractivity contribution in [2.24, 2.45) is 11.7 Å². The number of hydrogen-bond acceptors (Lipinski definition) is 6. The van der Waals surface area contributed by atoms with E-state index in [0.717, 1.165) is 12.5 Å². The van der Waals surface area contributed by atoms with Crippen LogP contribution in [0.25, 0.3) is 0 Å². The van der Waals surface area contributed by atoms with Crippen molar-refractivity contribution in [2.45, 2.75) is 19.4 Å². The Kier molecular flexibility index (Phi) is 3.84. The van der Waals surface area contributed by atoms with Crippen LogP contribution < -0.4 is 10.6 Å². The zero-order chi connectivity index (χ0) is 14.9. The monoisotopic (exact) mass is 280 g/mol. The molecule has 108 valence electrons. The van der Waals surface area contributed by atoms with Gasteiger partial charge in [-0.05, 0) is 18.4 Å². The summed E-state index contributed by atoms with van der Waals surface area (Å²) in [5.41, 5.74) is 5.80. The van der Waals surface area contributed by atoms with Gasteiger partial charge in [0.2, 0.25) is 0 Å². The highest BCUT2D eigenvalue weighted by Gasteiger charge is 2.28. The van der Waals surface area contributed by atoms with Crippen molar-refractivity contribution in [2.75, 3.05) is 18.0 Å². The minimum atomic E-state index is -0.638. The molecule has 8 heteroatoms. The maximum absolute atomic E-state index is 11.1. The lowest BCUT2D eigenvalue weighted by atomic mass is 9.96. The largest absolute Gasteiger partial charge is 0.364 e. The van der Waals surface area contributed by atoms with E-state index in [9.17, 15) is 20.2 Å². The number of benzene rings is 1. The average Bonchev–Trinajstić information content (AvgIpc) is 2.36. The van der Waals surface area contributed by atoms with E-state index in [-0.39, 0.29) is 17.4 Å². The van der Waals surface area contributed by atoms with E-state index >= 15 is 0 Å². The van der Waals surface area contributed by atoms with E-state index in [0.29, 0.717) is 24.7 Å². The van der Waals surface area contributed by atoms with Gasteiger partial charge in [0.05, 0.1) is 15.9 Å². The third-order valence-electron chi connectivity index (χ3n) is 3.40. The summed E-state index contributed by atoms with van der Waals surface area (Å²) in [4.78, 5) is 22.5. The molecule has 8 nitrogen and oxygen atoms in total. The quantitative estimate of drug-likeness (QED) is 0.665. The normalized spacial score (nSPS) is 22.6. The molecule has 0 saturated carbocycles. The Balaban J connectivity index is 2.40. The average molecular weight is 280 g/mol. The van der Waals surface area contributed by atoms with Crippen LogP contribution in [-0.2, 0) is 0 Å². The highest BCUT2D eigenvalue weighted by atomic mass is 16.6. The van der Waals surface area contributed by atoms with E-state index in [1.807, 2.05) is 11.8 Å². The van der Waals surface area contributed by atoms with Crippen LogP contribution in [-0.4, -0.2) is 29.0 Å². The van der Waals surface area contributed by atoms with Gasteiger partial charge in [-0.15, -0.1) is 0 Å². The van der Waals surface area contributed by atoms with Gasteiger partial charge < -0.3 is 10.6 Å². The summed E-state index contributed by atoms with van der Waals surface area (Å²) in [7, 11) is 0. The molecule has 1 saturated heterocycles. The topological polar surface area (TPSA) is 116 Å². The minimum Gasteiger partial charge on any atom is -0.364 e. The Hall–Kier alpha value is -2.22. The molecule has 2 rings (SSSR count). The van der Waals surface area contributed by atoms with E-state index in [2.05, 4.69) is 0 Å². The van der Waals surface area contributed by atoms with Gasteiger partial charge in [-0.1, -0.05) is 6.92 Å². The molecule has 0 amide bonds. The first kappa shape index (κ1) is 14.2. The first-order valence-corrected chi connectivity index (χ1v) is 6.32. The van der Waals surface area contributed by atoms with Crippen LogP contribution in [0.5, 0.6) is 0 Å². The number of piperidine rings is 1. The van der Waals surface area contributed by atoms with Crippen LogP contribution in [0.2, 0.25) is 0 Å². The number of nitrogens with zero attached hydrogens (tertiary/aromatic N) is 3. The molecule has 1 aromatic carbocycles. The lowest BCUT2D eigenvalue weighted by molar-refractivity contribution is -0.393. The molecule has 20 heavy (non-hydrogen) atoms. The summed E-state index contributed by atoms with van der Waals surface area (Å²) in [5, 5.41) is 21.8. The fourth-order valence-corrected chi connectivity index (χ4v) is 2.64. The van der Waals surface area contributed by atoms with Crippen LogP contribution in [0.3, 0.4) is 0 Å². The minimum absolute atomic E-state index is 0.0476. The molecular weight excluding hydrogens is 264 g/mol. The van der Waals surface area contributed by atoms with Crippen molar-refractivity contribution < 1.29 is 9.85 Å². The maximum atomic E-state index is 11.1. The van der Waals surface area contributed by atoms with Gasteiger partial charge in [-0.3, -0.25) is 20.2 Å². The van der Waals surface area contributed by atoms with Gasteiger partial charge >= 0.3 is 0 Å². The summed E-state index contributed by atoms with van der Waals surface area (Å²) in [6.45, 7) is 3.21. The molecular formula is C12H16N4O4. The van der Waals surface area contributed by atoms with Crippen molar-refractivity contribution in [1.29, 1.82) is 0 Å². The van der Waals surface area contributed by atoms with Crippen LogP contribution in [0.4, 0.5) is 17.1 Å². The highest BCUT2D eigenvalue weighted by Crippen LogP contribution is 2.34. The van der Waals surface area contributed by atoms with Gasteiger partial charge in [-0.25, -0.2) is 0 Å². The first-order valence-electron chi connectivity index (χ1n) is 6.32. The predicted octanol–water partition coefficient (Wildman–Crippen LogP) is 1.68. The third-order valence-corrected chi connectivity index (χ3v) is 3.40. The standard InChI is InChI=1S/C12H16N4O4/c1-8-4-9(13)7-14(6-8)11-3-2-10(15(17)18)5-12(11)16(19)20/h2-3,5,8-9H,4,6-7,13H2,1H3. The molecule has 0 spiro atoms. The number of nitro groups is 2. The summed E-state index contributed by atoms with van der Waals surface area (Å²) >= 11 is 0. The van der Waals surface area contributed by atoms with Gasteiger partial charge in [0.1, 0.15) is 5.69 Å². The van der Waals surface area contributed by atoms with E-state index in [1.54, 1.807) is 0 Å². The number of anilines is 1. The van der Waals surface area contributed by atoms with E-state index in [4.69, 9.17) is 5.73 Å². The molecule has 1 aromatic rings. The van der Waals surface area contributed by atoms with Crippen LogP contribution >= 0.6 is 0 Å². The SMILES string of the molecule is CC1CC(N)CN(c2ccc([N+](=O)[O-])cc2[N+](=O)[O-])C1. The molecule has 0 aliphatic carbocycles. The van der Waals surface area contributed by atoms with E-state index < -0.39 is 9.85 Å². The predicted molar refractivity (Wildman–Crippen MR) is 73.7 cm³/mol. The maximum Gasteiger partial charge on any atom is 0.299 e. The number of nitrogens with two attached hydrogens (primary N) is 1. The van der Waals surface area contributed by atoms with Gasteiger partial charge in [0.15, 0.2) is 0 Å². The molecule has 0 bridgehead atoms. The van der Waals surface area contributed by atoms with Crippen LogP contribution in [0.15, 0.2) is 18.2 Å². The number of nitro benzene ring substituents is 2. The molecule has 1 aliphatic heterocycles. The van der Waals surface area contributed by atoms with Crippen LogP contribution in [0, 0.1) is 26.1 Å². The molecule has 2 atom stereocenters. The summed E-state index contributed by atoms with van der Waals surface area (Å²) in [6.07, 6.45) is 0.872. The van der Waals surface area contributed by atoms with Gasteiger partial charge in [-0.2, -0.15) is 0 Å². The molecule has 1 aliphatic rings. The fourth-order valence-electron chi connectivity index (χ4n) is 2.64. The summed E-state index contributed by atoms with van der Waals surface area (Å²) < 4.78 is 0. The molecule has 1 fully saturated rings.